The van der Waals surface area contributed by atoms with E-state index in [1.807, 2.05) is 17.0 Å². The average molecular weight is 489 g/mol. The van der Waals surface area contributed by atoms with Gasteiger partial charge in [0.25, 0.3) is 11.7 Å². The number of rotatable bonds is 6. The molecule has 184 valence electrons. The molecule has 36 heavy (non-hydrogen) atoms. The van der Waals surface area contributed by atoms with E-state index in [1.54, 1.807) is 26.5 Å². The highest BCUT2D eigenvalue weighted by molar-refractivity contribution is 6.42. The molecule has 12 nitrogen and oxygen atoms in total. The van der Waals surface area contributed by atoms with Gasteiger partial charge in [-0.15, -0.1) is 0 Å². The van der Waals surface area contributed by atoms with Gasteiger partial charge in [0.2, 0.25) is 5.95 Å². The topological polar surface area (TPSA) is 150 Å². The van der Waals surface area contributed by atoms with Gasteiger partial charge in [0.1, 0.15) is 6.26 Å². The largest absolute Gasteiger partial charge is 0.493 e. The van der Waals surface area contributed by atoms with E-state index in [9.17, 15) is 9.59 Å². The summed E-state index contributed by atoms with van der Waals surface area (Å²) in [5, 5.41) is 0. The van der Waals surface area contributed by atoms with Gasteiger partial charge >= 0.3 is 0 Å². The molecule has 1 saturated heterocycles. The number of amides is 1. The minimum atomic E-state index is -0.598. The number of benzene rings is 1. The zero-order valence-electron chi connectivity index (χ0n) is 19.7. The van der Waals surface area contributed by atoms with Gasteiger partial charge in [-0.25, -0.2) is 9.97 Å². The molecule has 0 radical (unpaired) electrons. The molecule has 3 aromatic heterocycles. The number of ether oxygens (including phenoxy) is 2. The maximum Gasteiger partial charge on any atom is 0.295 e. The number of fused-ring (bicyclic) bond motifs is 1. The molecule has 1 aliphatic rings. The third-order valence-corrected chi connectivity index (χ3v) is 5.93. The molecule has 1 fully saturated rings. The van der Waals surface area contributed by atoms with Crippen LogP contribution in [0.2, 0.25) is 0 Å². The molecule has 1 amide bonds. The van der Waals surface area contributed by atoms with Gasteiger partial charge in [-0.2, -0.15) is 9.97 Å². The van der Waals surface area contributed by atoms with Gasteiger partial charge in [-0.3, -0.25) is 9.59 Å². The Morgan fingerprint density at radius 1 is 1.00 bits per heavy atom. The number of ketones is 1. The van der Waals surface area contributed by atoms with Crippen LogP contribution in [0.3, 0.4) is 0 Å². The van der Waals surface area contributed by atoms with Crippen LogP contribution in [0.25, 0.3) is 22.4 Å². The van der Waals surface area contributed by atoms with Crippen molar-refractivity contribution in [1.82, 2.24) is 24.8 Å². The number of methoxy groups -OCH3 is 2. The smallest absolute Gasteiger partial charge is 0.295 e. The third kappa shape index (κ3) is 4.24. The van der Waals surface area contributed by atoms with E-state index in [0.717, 1.165) is 5.56 Å². The van der Waals surface area contributed by atoms with Gasteiger partial charge in [0.05, 0.1) is 37.9 Å². The van der Waals surface area contributed by atoms with Gasteiger partial charge in [-0.1, -0.05) is 0 Å². The van der Waals surface area contributed by atoms with Crippen molar-refractivity contribution in [3.05, 3.63) is 48.6 Å². The van der Waals surface area contributed by atoms with E-state index >= 15 is 0 Å². The van der Waals surface area contributed by atoms with Gasteiger partial charge < -0.3 is 29.4 Å². The maximum atomic E-state index is 12.6. The van der Waals surface area contributed by atoms with E-state index in [-0.39, 0.29) is 11.5 Å². The summed E-state index contributed by atoms with van der Waals surface area (Å²) in [7, 11) is 3.14. The van der Waals surface area contributed by atoms with E-state index in [4.69, 9.17) is 24.6 Å². The molecule has 0 spiro atoms. The van der Waals surface area contributed by atoms with Crippen LogP contribution in [0.1, 0.15) is 10.4 Å². The summed E-state index contributed by atoms with van der Waals surface area (Å²) >= 11 is 0. The fraction of sp³-hybridized carbons (Fsp3) is 0.250. The Morgan fingerprint density at radius 3 is 2.47 bits per heavy atom. The summed E-state index contributed by atoms with van der Waals surface area (Å²) in [5.41, 5.74) is 8.39. The Morgan fingerprint density at radius 2 is 1.78 bits per heavy atom. The Balaban J connectivity index is 1.42. The summed E-state index contributed by atoms with van der Waals surface area (Å²) in [6, 6.07) is 6.94. The van der Waals surface area contributed by atoms with Crippen molar-refractivity contribution in [3.8, 4) is 22.8 Å². The lowest BCUT2D eigenvalue weighted by Crippen LogP contribution is -2.51. The normalized spacial score (nSPS) is 13.6. The van der Waals surface area contributed by atoms with Crippen molar-refractivity contribution in [1.29, 1.82) is 0 Å². The first kappa shape index (κ1) is 23.0. The Labute approximate surface area is 205 Å². The molecule has 0 saturated carbocycles. The van der Waals surface area contributed by atoms with Gasteiger partial charge in [-0.05, 0) is 24.3 Å². The molecule has 1 aromatic carbocycles. The number of carbonyl (C=O) groups is 2. The molecule has 0 unspecified atom stereocenters. The molecule has 0 bridgehead atoms. The number of piperazine rings is 1. The molecule has 4 aromatic rings. The first-order chi connectivity index (χ1) is 17.5. The second-order valence-corrected chi connectivity index (χ2v) is 8.02. The standard InChI is InChI=1S/C24H23N7O5/c1-34-17-4-3-14(11-18(17)35-2)16-12-26-21-19(27-16)22(29-24(25)28-21)30-6-8-31(9-7-30)23(33)20(32)15-5-10-36-13-15/h3-5,10-13H,6-9H2,1-2H3,(H2,25,26,28,29). The van der Waals surface area contributed by atoms with E-state index in [2.05, 4.69) is 15.0 Å². The van der Waals surface area contributed by atoms with Crippen LogP contribution in [0.15, 0.2) is 47.4 Å². The predicted molar refractivity (Wildman–Crippen MR) is 130 cm³/mol. The van der Waals surface area contributed by atoms with Crippen molar-refractivity contribution < 1.29 is 23.5 Å². The van der Waals surface area contributed by atoms with Crippen molar-refractivity contribution in [2.75, 3.05) is 51.0 Å². The molecule has 4 heterocycles. The molecule has 1 aliphatic heterocycles. The van der Waals surface area contributed by atoms with E-state index in [1.165, 1.54) is 23.5 Å². The van der Waals surface area contributed by atoms with Crippen LogP contribution in [-0.4, -0.2) is 76.9 Å². The third-order valence-electron chi connectivity index (χ3n) is 5.93. The number of nitrogen functional groups attached to an aromatic ring is 1. The molecule has 0 atom stereocenters. The summed E-state index contributed by atoms with van der Waals surface area (Å²) in [5.74, 6) is 0.583. The summed E-state index contributed by atoms with van der Waals surface area (Å²) < 4.78 is 15.6. The zero-order valence-corrected chi connectivity index (χ0v) is 19.7. The second-order valence-electron chi connectivity index (χ2n) is 8.02. The van der Waals surface area contributed by atoms with E-state index < -0.39 is 11.7 Å². The lowest BCUT2D eigenvalue weighted by Gasteiger charge is -2.35. The number of furan rings is 1. The lowest BCUT2D eigenvalue weighted by atomic mass is 10.1. The van der Waals surface area contributed by atoms with Crippen LogP contribution in [0.4, 0.5) is 11.8 Å². The SMILES string of the molecule is COc1ccc(-c2cnc3nc(N)nc(N4CCN(C(=O)C(=O)c5ccoc5)CC4)c3n2)cc1OC. The highest BCUT2D eigenvalue weighted by Gasteiger charge is 2.29. The lowest BCUT2D eigenvalue weighted by molar-refractivity contribution is -0.126. The second kappa shape index (κ2) is 9.49. The highest BCUT2D eigenvalue weighted by Crippen LogP contribution is 2.32. The van der Waals surface area contributed by atoms with Crippen LogP contribution >= 0.6 is 0 Å². The molecule has 2 N–H and O–H groups in total. The molecular formula is C24H23N7O5. The Bertz CT molecular complexity index is 1430. The predicted octanol–water partition coefficient (Wildman–Crippen LogP) is 1.81. The number of nitrogens with two attached hydrogens (primary N) is 1. The maximum absolute atomic E-state index is 12.6. The number of nitrogens with zero attached hydrogens (tertiary/aromatic N) is 6. The number of hydrogen-bond acceptors (Lipinski definition) is 11. The van der Waals surface area contributed by atoms with Crippen LogP contribution in [0.5, 0.6) is 11.5 Å². The van der Waals surface area contributed by atoms with E-state index in [0.29, 0.717) is 60.4 Å². The van der Waals surface area contributed by atoms with Crippen LogP contribution in [-0.2, 0) is 4.79 Å². The van der Waals surface area contributed by atoms with Crippen LogP contribution in [0, 0.1) is 0 Å². The molecule has 0 aliphatic carbocycles. The fourth-order valence-electron chi connectivity index (χ4n) is 4.05. The highest BCUT2D eigenvalue weighted by atomic mass is 16.5. The molecule has 5 rings (SSSR count). The number of carbonyl (C=O) groups excluding carboxylic acids is 2. The van der Waals surface area contributed by atoms with Crippen LogP contribution < -0.4 is 20.1 Å². The van der Waals surface area contributed by atoms with Crippen molar-refractivity contribution >= 4 is 34.6 Å². The van der Waals surface area contributed by atoms with Gasteiger partial charge in [0, 0.05) is 31.7 Å². The number of anilines is 2. The monoisotopic (exact) mass is 489 g/mol. The quantitative estimate of drug-likeness (QED) is 0.312. The Hall–Kier alpha value is -4.74. The fourth-order valence-corrected chi connectivity index (χ4v) is 4.05. The summed E-state index contributed by atoms with van der Waals surface area (Å²) in [4.78, 5) is 46.4. The average Bonchev–Trinajstić information content (AvgIpc) is 3.46. The van der Waals surface area contributed by atoms with Crippen molar-refractivity contribution in [3.63, 3.8) is 0 Å². The van der Waals surface area contributed by atoms with Gasteiger partial charge in [0.15, 0.2) is 28.5 Å². The first-order valence-corrected chi connectivity index (χ1v) is 11.1. The zero-order chi connectivity index (χ0) is 25.2. The van der Waals surface area contributed by atoms with Crippen molar-refractivity contribution in [2.24, 2.45) is 0 Å². The van der Waals surface area contributed by atoms with Crippen molar-refractivity contribution in [2.45, 2.75) is 0 Å². The summed E-state index contributed by atoms with van der Waals surface area (Å²) in [6.07, 6.45) is 4.24. The summed E-state index contributed by atoms with van der Waals surface area (Å²) in [6.45, 7) is 1.52. The minimum Gasteiger partial charge on any atom is -0.493 e. The number of aromatic nitrogens is 4. The number of hydrogen-bond donors (Lipinski definition) is 1. The first-order valence-electron chi connectivity index (χ1n) is 11.1. The molecular weight excluding hydrogens is 466 g/mol. The Kier molecular flexibility index (Phi) is 6.07. The number of Topliss-reactive ketones (excluding diaryl/α,β-unsaturated/α-hetero) is 1. The minimum absolute atomic E-state index is 0.0688. The molecule has 12 heteroatoms.